The lowest BCUT2D eigenvalue weighted by Crippen LogP contribution is -1.98. The van der Waals surface area contributed by atoms with Gasteiger partial charge in [0.05, 0.1) is 11.6 Å². The Kier molecular flexibility index (Phi) is 4.22. The van der Waals surface area contributed by atoms with Crippen molar-refractivity contribution in [3.05, 3.63) is 28.0 Å². The van der Waals surface area contributed by atoms with Gasteiger partial charge in [-0.1, -0.05) is 12.0 Å². The second-order valence-electron chi connectivity index (χ2n) is 2.56. The van der Waals surface area contributed by atoms with Crippen molar-refractivity contribution >= 4 is 11.8 Å². The zero-order chi connectivity index (χ0) is 10.4. The van der Waals surface area contributed by atoms with Crippen LogP contribution in [0.5, 0.6) is 0 Å². The standard InChI is InChI=1S/C8H11N5S/c1-3-6-4-8(14-2)12-7(11-6)5-10-13-9/h4H,3,5H2,1-2H3. The first-order chi connectivity index (χ1) is 6.80. The highest BCUT2D eigenvalue weighted by atomic mass is 32.2. The van der Waals surface area contributed by atoms with Crippen LogP contribution < -0.4 is 0 Å². The molecular formula is C8H11N5S. The summed E-state index contributed by atoms with van der Waals surface area (Å²) in [5, 5.41) is 4.36. The molecule has 0 unspecified atom stereocenters. The van der Waals surface area contributed by atoms with Crippen molar-refractivity contribution in [3.63, 3.8) is 0 Å². The van der Waals surface area contributed by atoms with Crippen LogP contribution in [0.2, 0.25) is 0 Å². The van der Waals surface area contributed by atoms with Crippen LogP contribution in [0.3, 0.4) is 0 Å². The van der Waals surface area contributed by atoms with Crippen LogP contribution in [0, 0.1) is 0 Å². The van der Waals surface area contributed by atoms with Crippen molar-refractivity contribution < 1.29 is 0 Å². The van der Waals surface area contributed by atoms with E-state index in [0.29, 0.717) is 5.82 Å². The van der Waals surface area contributed by atoms with Crippen molar-refractivity contribution in [2.45, 2.75) is 24.9 Å². The molecule has 14 heavy (non-hydrogen) atoms. The molecule has 0 radical (unpaired) electrons. The maximum atomic E-state index is 8.18. The van der Waals surface area contributed by atoms with Crippen LogP contribution in [0.4, 0.5) is 0 Å². The van der Waals surface area contributed by atoms with E-state index in [0.717, 1.165) is 17.1 Å². The van der Waals surface area contributed by atoms with Crippen LogP contribution in [0.1, 0.15) is 18.4 Å². The lowest BCUT2D eigenvalue weighted by molar-refractivity contribution is 0.825. The minimum atomic E-state index is 0.220. The molecule has 1 aromatic heterocycles. The number of aromatic nitrogens is 2. The summed E-state index contributed by atoms with van der Waals surface area (Å²) < 4.78 is 0. The van der Waals surface area contributed by atoms with Crippen LogP contribution in [0.25, 0.3) is 10.4 Å². The summed E-state index contributed by atoms with van der Waals surface area (Å²) in [7, 11) is 0. The maximum absolute atomic E-state index is 8.18. The summed E-state index contributed by atoms with van der Waals surface area (Å²) in [6.45, 7) is 2.25. The second-order valence-corrected chi connectivity index (χ2v) is 3.39. The van der Waals surface area contributed by atoms with E-state index in [-0.39, 0.29) is 6.54 Å². The Bertz CT molecular complexity index is 336. The Balaban J connectivity index is 2.97. The van der Waals surface area contributed by atoms with Crippen molar-refractivity contribution in [1.29, 1.82) is 0 Å². The van der Waals surface area contributed by atoms with E-state index < -0.39 is 0 Å². The molecule has 0 saturated heterocycles. The average molecular weight is 209 g/mol. The smallest absolute Gasteiger partial charge is 0.135 e. The third kappa shape index (κ3) is 2.90. The zero-order valence-corrected chi connectivity index (χ0v) is 8.95. The summed E-state index contributed by atoms with van der Waals surface area (Å²) in [5.74, 6) is 0.589. The van der Waals surface area contributed by atoms with Crippen molar-refractivity contribution in [2.24, 2.45) is 5.11 Å². The predicted molar refractivity (Wildman–Crippen MR) is 56.0 cm³/mol. The predicted octanol–water partition coefficient (Wildman–Crippen LogP) is 2.57. The number of nitrogens with zero attached hydrogens (tertiary/aromatic N) is 5. The van der Waals surface area contributed by atoms with E-state index in [1.807, 2.05) is 19.2 Å². The fourth-order valence-corrected chi connectivity index (χ4v) is 1.43. The molecule has 0 amide bonds. The minimum Gasteiger partial charge on any atom is -0.238 e. The third-order valence-corrected chi connectivity index (χ3v) is 2.28. The second kappa shape index (κ2) is 5.47. The van der Waals surface area contributed by atoms with Gasteiger partial charge in [0.15, 0.2) is 0 Å². The van der Waals surface area contributed by atoms with Crippen LogP contribution in [0.15, 0.2) is 16.2 Å². The summed E-state index contributed by atoms with van der Waals surface area (Å²) in [6.07, 6.45) is 2.82. The summed E-state index contributed by atoms with van der Waals surface area (Å²) in [4.78, 5) is 11.2. The van der Waals surface area contributed by atoms with Crippen LogP contribution in [-0.4, -0.2) is 16.2 Å². The molecule has 6 heteroatoms. The maximum Gasteiger partial charge on any atom is 0.135 e. The van der Waals surface area contributed by atoms with Gasteiger partial charge in [-0.2, -0.15) is 0 Å². The number of rotatable bonds is 4. The quantitative estimate of drug-likeness (QED) is 0.251. The third-order valence-electron chi connectivity index (χ3n) is 1.65. The summed E-state index contributed by atoms with van der Waals surface area (Å²) >= 11 is 1.56. The molecular weight excluding hydrogens is 198 g/mol. The van der Waals surface area contributed by atoms with Gasteiger partial charge in [-0.05, 0) is 24.3 Å². The van der Waals surface area contributed by atoms with Gasteiger partial charge in [0, 0.05) is 10.6 Å². The Hall–Kier alpha value is -1.26. The highest BCUT2D eigenvalue weighted by molar-refractivity contribution is 7.98. The lowest BCUT2D eigenvalue weighted by atomic mass is 10.3. The Labute approximate surface area is 86.6 Å². The van der Waals surface area contributed by atoms with Gasteiger partial charge in [-0.25, -0.2) is 9.97 Å². The molecule has 0 bridgehead atoms. The number of thioether (sulfide) groups is 1. The van der Waals surface area contributed by atoms with Crippen molar-refractivity contribution in [1.82, 2.24) is 9.97 Å². The van der Waals surface area contributed by atoms with Gasteiger partial charge >= 0.3 is 0 Å². The van der Waals surface area contributed by atoms with Gasteiger partial charge < -0.3 is 0 Å². The van der Waals surface area contributed by atoms with E-state index in [2.05, 4.69) is 20.0 Å². The topological polar surface area (TPSA) is 74.5 Å². The van der Waals surface area contributed by atoms with Gasteiger partial charge in [-0.3, -0.25) is 0 Å². The summed E-state index contributed by atoms with van der Waals surface area (Å²) in [5.41, 5.74) is 9.16. The molecule has 0 aliphatic carbocycles. The summed E-state index contributed by atoms with van der Waals surface area (Å²) in [6, 6.07) is 1.95. The average Bonchev–Trinajstić information content (AvgIpc) is 2.25. The number of hydrogen-bond acceptors (Lipinski definition) is 4. The van der Waals surface area contributed by atoms with Crippen molar-refractivity contribution in [3.8, 4) is 0 Å². The minimum absolute atomic E-state index is 0.220. The van der Waals surface area contributed by atoms with Gasteiger partial charge in [-0.15, -0.1) is 11.8 Å². The molecule has 0 N–H and O–H groups in total. The highest BCUT2D eigenvalue weighted by Crippen LogP contribution is 2.13. The molecule has 0 aliphatic heterocycles. The Morgan fingerprint density at radius 2 is 2.36 bits per heavy atom. The molecule has 1 aromatic rings. The first kappa shape index (κ1) is 10.8. The van der Waals surface area contributed by atoms with E-state index in [9.17, 15) is 0 Å². The first-order valence-corrected chi connectivity index (χ1v) is 5.44. The molecule has 0 aromatic carbocycles. The normalized spacial score (nSPS) is 9.57. The SMILES string of the molecule is CCc1cc(SC)nc(CN=[N+]=[N-])n1. The Morgan fingerprint density at radius 3 is 2.93 bits per heavy atom. The van der Waals surface area contributed by atoms with E-state index >= 15 is 0 Å². The van der Waals surface area contributed by atoms with Gasteiger partial charge in [0.1, 0.15) is 5.82 Å². The highest BCUT2D eigenvalue weighted by Gasteiger charge is 2.01. The van der Waals surface area contributed by atoms with E-state index in [1.54, 1.807) is 11.8 Å². The van der Waals surface area contributed by atoms with Crippen LogP contribution >= 0.6 is 11.8 Å². The molecule has 74 valence electrons. The Morgan fingerprint density at radius 1 is 1.57 bits per heavy atom. The van der Waals surface area contributed by atoms with Gasteiger partial charge in [0.25, 0.3) is 0 Å². The van der Waals surface area contributed by atoms with E-state index in [4.69, 9.17) is 5.53 Å². The number of aryl methyl sites for hydroxylation is 1. The number of azide groups is 1. The molecule has 0 fully saturated rings. The lowest BCUT2D eigenvalue weighted by Gasteiger charge is -2.02. The molecule has 0 spiro atoms. The van der Waals surface area contributed by atoms with Crippen LogP contribution in [-0.2, 0) is 13.0 Å². The molecule has 0 aliphatic rings. The fourth-order valence-electron chi connectivity index (χ4n) is 0.976. The molecule has 0 saturated carbocycles. The zero-order valence-electron chi connectivity index (χ0n) is 8.14. The molecule has 0 atom stereocenters. The first-order valence-electron chi connectivity index (χ1n) is 4.21. The van der Waals surface area contributed by atoms with Crippen molar-refractivity contribution in [2.75, 3.05) is 6.26 Å². The fraction of sp³-hybridized carbons (Fsp3) is 0.500. The molecule has 1 rings (SSSR count). The molecule has 5 nitrogen and oxygen atoms in total. The van der Waals surface area contributed by atoms with E-state index in [1.165, 1.54) is 0 Å². The number of hydrogen-bond donors (Lipinski definition) is 0. The monoisotopic (exact) mass is 209 g/mol. The molecule has 1 heterocycles. The van der Waals surface area contributed by atoms with Gasteiger partial charge in [0.2, 0.25) is 0 Å². The largest absolute Gasteiger partial charge is 0.238 e.